The van der Waals surface area contributed by atoms with Gasteiger partial charge in [0.25, 0.3) is 0 Å². The Kier molecular flexibility index (Phi) is 6.17. The minimum atomic E-state index is -1.37. The maximum atomic E-state index is 13.1. The van der Waals surface area contributed by atoms with Crippen LogP contribution < -0.4 is 0 Å². The first kappa shape index (κ1) is 23.6. The highest BCUT2D eigenvalue weighted by atomic mass is 16.6. The van der Waals surface area contributed by atoms with E-state index in [0.29, 0.717) is 25.7 Å². The summed E-state index contributed by atoms with van der Waals surface area (Å²) in [5.74, 6) is -0.297. The predicted octanol–water partition coefficient (Wildman–Crippen LogP) is 3.52. The molecule has 0 aromatic rings. The molecule has 0 spiro atoms. The summed E-state index contributed by atoms with van der Waals surface area (Å²) in [6.45, 7) is 5.51. The minimum Gasteiger partial charge on any atom is -0.450 e. The average molecular weight is 447 g/mol. The van der Waals surface area contributed by atoms with Gasteiger partial charge in [-0.2, -0.15) is 0 Å². The summed E-state index contributed by atoms with van der Waals surface area (Å²) in [4.78, 5) is 37.9. The molecular formula is C26H38O6. The molecule has 0 bridgehead atoms. The lowest BCUT2D eigenvalue weighted by Gasteiger charge is -2.60. The van der Waals surface area contributed by atoms with E-state index in [0.717, 1.165) is 32.1 Å². The van der Waals surface area contributed by atoms with Crippen LogP contribution in [0.1, 0.15) is 85.0 Å². The number of ether oxygens (including phenoxy) is 1. The highest BCUT2D eigenvalue weighted by Gasteiger charge is 2.70. The number of carbonyl (C=O) groups is 3. The Bertz CT molecular complexity index is 832. The number of hydrogen-bond acceptors (Lipinski definition) is 6. The van der Waals surface area contributed by atoms with E-state index in [4.69, 9.17) is 4.74 Å². The number of aliphatic hydroxyl groups is 2. The number of unbranched alkanes of at least 4 members (excludes halogenated alkanes) is 1. The highest BCUT2D eigenvalue weighted by Crippen LogP contribution is 2.68. The van der Waals surface area contributed by atoms with Crippen molar-refractivity contribution in [2.75, 3.05) is 6.61 Å². The molecule has 178 valence electrons. The molecule has 0 heterocycles. The largest absolute Gasteiger partial charge is 0.450 e. The number of esters is 1. The standard InChI is InChI=1S/C26H38O6/c1-4-5-6-22(31)32-26(21(30)15-27)12-10-19-18-8-7-16-13-17(28)9-11-24(16,2)23(18)20(29)14-25(19,26)3/h13,18-20,23,27,29H,4-12,14-15H2,1-3H3/t18-,19-,20-,23?,24-,25-,26-/m0/s1. The number of aliphatic hydroxyl groups excluding tert-OH is 2. The zero-order valence-electron chi connectivity index (χ0n) is 19.7. The number of ketones is 2. The van der Waals surface area contributed by atoms with E-state index >= 15 is 0 Å². The fourth-order valence-corrected chi connectivity index (χ4v) is 8.05. The first-order valence-corrected chi connectivity index (χ1v) is 12.4. The zero-order chi connectivity index (χ0) is 23.3. The van der Waals surface area contributed by atoms with Gasteiger partial charge < -0.3 is 14.9 Å². The van der Waals surface area contributed by atoms with Crippen LogP contribution in [0, 0.1) is 28.6 Å². The van der Waals surface area contributed by atoms with Crippen molar-refractivity contribution in [3.05, 3.63) is 11.6 Å². The smallest absolute Gasteiger partial charge is 0.306 e. The molecule has 0 radical (unpaired) electrons. The van der Waals surface area contributed by atoms with E-state index in [1.165, 1.54) is 5.57 Å². The molecule has 0 amide bonds. The Hall–Kier alpha value is -1.53. The first-order chi connectivity index (χ1) is 15.1. The lowest BCUT2D eigenvalue weighted by molar-refractivity contribution is -0.202. The van der Waals surface area contributed by atoms with Gasteiger partial charge in [-0.05, 0) is 74.2 Å². The van der Waals surface area contributed by atoms with E-state index in [9.17, 15) is 24.6 Å². The number of rotatable bonds is 6. The number of allylic oxidation sites excluding steroid dienone is 1. The second-order valence-corrected chi connectivity index (χ2v) is 11.1. The van der Waals surface area contributed by atoms with Crippen molar-refractivity contribution in [2.24, 2.45) is 28.6 Å². The molecule has 0 aromatic carbocycles. The van der Waals surface area contributed by atoms with Crippen LogP contribution in [-0.2, 0) is 19.1 Å². The maximum absolute atomic E-state index is 13.1. The maximum Gasteiger partial charge on any atom is 0.306 e. The number of hydrogen-bond donors (Lipinski definition) is 2. The van der Waals surface area contributed by atoms with Crippen LogP contribution in [-0.4, -0.2) is 46.1 Å². The highest BCUT2D eigenvalue weighted by molar-refractivity contribution is 5.92. The summed E-state index contributed by atoms with van der Waals surface area (Å²) in [5.41, 5.74) is -1.12. The predicted molar refractivity (Wildman–Crippen MR) is 119 cm³/mol. The van der Waals surface area contributed by atoms with Gasteiger partial charge in [0, 0.05) is 18.3 Å². The second-order valence-electron chi connectivity index (χ2n) is 11.1. The second kappa shape index (κ2) is 8.35. The molecular weight excluding hydrogens is 408 g/mol. The van der Waals surface area contributed by atoms with Gasteiger partial charge in [-0.3, -0.25) is 14.4 Å². The van der Waals surface area contributed by atoms with Crippen LogP contribution in [0.25, 0.3) is 0 Å². The van der Waals surface area contributed by atoms with Gasteiger partial charge in [0.15, 0.2) is 11.4 Å². The van der Waals surface area contributed by atoms with Crippen molar-refractivity contribution in [2.45, 2.75) is 96.7 Å². The summed E-state index contributed by atoms with van der Waals surface area (Å²) in [6, 6.07) is 0. The van der Waals surface area contributed by atoms with Gasteiger partial charge in [0.1, 0.15) is 6.61 Å². The van der Waals surface area contributed by atoms with Gasteiger partial charge >= 0.3 is 5.97 Å². The van der Waals surface area contributed by atoms with Crippen LogP contribution in [0.15, 0.2) is 11.6 Å². The van der Waals surface area contributed by atoms with Crippen LogP contribution in [0.2, 0.25) is 0 Å². The number of carbonyl (C=O) groups excluding carboxylic acids is 3. The third kappa shape index (κ3) is 3.32. The molecule has 32 heavy (non-hydrogen) atoms. The average Bonchev–Trinajstić information content (AvgIpc) is 3.04. The molecule has 3 saturated carbocycles. The number of fused-ring (bicyclic) bond motifs is 5. The van der Waals surface area contributed by atoms with Gasteiger partial charge in [0.2, 0.25) is 5.78 Å². The van der Waals surface area contributed by atoms with E-state index in [2.05, 4.69) is 6.92 Å². The van der Waals surface area contributed by atoms with Gasteiger partial charge in [-0.15, -0.1) is 0 Å². The van der Waals surface area contributed by atoms with Gasteiger partial charge in [-0.25, -0.2) is 0 Å². The molecule has 0 aliphatic heterocycles. The summed E-state index contributed by atoms with van der Waals surface area (Å²) in [6.07, 6.45) is 7.44. The quantitative estimate of drug-likeness (QED) is 0.606. The summed E-state index contributed by atoms with van der Waals surface area (Å²) in [5, 5.41) is 21.4. The normalized spacial score (nSPS) is 43.0. The molecule has 4 aliphatic carbocycles. The summed E-state index contributed by atoms with van der Waals surface area (Å²) >= 11 is 0. The Morgan fingerprint density at radius 1 is 1.19 bits per heavy atom. The fourth-order valence-electron chi connectivity index (χ4n) is 8.05. The monoisotopic (exact) mass is 446 g/mol. The van der Waals surface area contributed by atoms with E-state index in [1.807, 2.05) is 19.9 Å². The topological polar surface area (TPSA) is 101 Å². The van der Waals surface area contributed by atoms with E-state index < -0.39 is 35.5 Å². The molecule has 4 aliphatic rings. The van der Waals surface area contributed by atoms with Crippen molar-refractivity contribution in [3.8, 4) is 0 Å². The third-order valence-corrected chi connectivity index (χ3v) is 9.63. The lowest BCUT2D eigenvalue weighted by atomic mass is 9.45. The van der Waals surface area contributed by atoms with Crippen molar-refractivity contribution < 1.29 is 29.3 Å². The minimum absolute atomic E-state index is 0.0319. The van der Waals surface area contributed by atoms with Crippen molar-refractivity contribution in [1.82, 2.24) is 0 Å². The lowest BCUT2D eigenvalue weighted by Crippen LogP contribution is -2.63. The molecule has 2 N–H and O–H groups in total. The molecule has 6 nitrogen and oxygen atoms in total. The molecule has 0 saturated heterocycles. The molecule has 4 rings (SSSR count). The van der Waals surface area contributed by atoms with E-state index in [-0.39, 0.29) is 35.4 Å². The third-order valence-electron chi connectivity index (χ3n) is 9.63. The molecule has 0 aromatic heterocycles. The Morgan fingerprint density at radius 2 is 1.94 bits per heavy atom. The SMILES string of the molecule is CCCCC(=O)O[C@]1(C(=O)CO)CC[C@H]2[C@@H]3CCC4=CC(=O)CC[C@]4(C)C3[C@@H](O)C[C@@]21C. The zero-order valence-corrected chi connectivity index (χ0v) is 19.7. The Morgan fingerprint density at radius 3 is 2.62 bits per heavy atom. The molecule has 1 unspecified atom stereocenters. The summed E-state index contributed by atoms with van der Waals surface area (Å²) in [7, 11) is 0. The van der Waals surface area contributed by atoms with Crippen molar-refractivity contribution in [1.29, 1.82) is 0 Å². The van der Waals surface area contributed by atoms with Gasteiger partial charge in [-0.1, -0.05) is 32.8 Å². The Labute approximate surface area is 190 Å². The van der Waals surface area contributed by atoms with Crippen molar-refractivity contribution >= 4 is 17.5 Å². The fraction of sp³-hybridized carbons (Fsp3) is 0.808. The van der Waals surface area contributed by atoms with Crippen LogP contribution in [0.5, 0.6) is 0 Å². The van der Waals surface area contributed by atoms with Crippen LogP contribution in [0.3, 0.4) is 0 Å². The van der Waals surface area contributed by atoms with E-state index in [1.54, 1.807) is 0 Å². The number of Topliss-reactive ketones (excluding diaryl/α,β-unsaturated/α-hetero) is 1. The summed E-state index contributed by atoms with van der Waals surface area (Å²) < 4.78 is 5.98. The first-order valence-electron chi connectivity index (χ1n) is 12.4. The Balaban J connectivity index is 1.70. The molecule has 6 heteroatoms. The van der Waals surface area contributed by atoms with Crippen LogP contribution in [0.4, 0.5) is 0 Å². The van der Waals surface area contributed by atoms with Crippen molar-refractivity contribution in [3.63, 3.8) is 0 Å². The van der Waals surface area contributed by atoms with Crippen LogP contribution >= 0.6 is 0 Å². The molecule has 3 fully saturated rings. The van der Waals surface area contributed by atoms with Gasteiger partial charge in [0.05, 0.1) is 6.10 Å². The molecule has 7 atom stereocenters.